The molecule has 0 radical (unpaired) electrons. The number of halogens is 2. The van der Waals surface area contributed by atoms with Crippen LogP contribution in [0.5, 0.6) is 5.75 Å². The maximum atomic E-state index is 13.2. The van der Waals surface area contributed by atoms with Crippen molar-refractivity contribution < 1.29 is 23.1 Å². The summed E-state index contributed by atoms with van der Waals surface area (Å²) in [4.78, 5) is 22.0. The molecule has 0 aliphatic heterocycles. The maximum Gasteiger partial charge on any atom is 0.333 e. The van der Waals surface area contributed by atoms with Gasteiger partial charge in [0.1, 0.15) is 5.82 Å². The van der Waals surface area contributed by atoms with Crippen molar-refractivity contribution in [3.05, 3.63) is 29.8 Å². The van der Waals surface area contributed by atoms with E-state index in [1.807, 2.05) is 0 Å². The predicted octanol–water partition coefficient (Wildman–Crippen LogP) is 1.08. The Morgan fingerprint density at radius 3 is 2.65 bits per heavy atom. The number of rotatable bonds is 5. The standard InChI is InChI=1S/C12H15F2N3O3/c1-15-12(19)17-16-11(18)3-2-6-20-10-5-4-8(13)7-9(10)14/h4-5,7H,2-3,6H2,1H3,(H,16,18)(H2,15,17,19). The lowest BCUT2D eigenvalue weighted by Gasteiger charge is -2.08. The Labute approximate surface area is 114 Å². The summed E-state index contributed by atoms with van der Waals surface area (Å²) in [5.74, 6) is -1.96. The topological polar surface area (TPSA) is 79.5 Å². The Morgan fingerprint density at radius 1 is 1.25 bits per heavy atom. The van der Waals surface area contributed by atoms with Gasteiger partial charge in [-0.1, -0.05) is 0 Å². The van der Waals surface area contributed by atoms with Crippen LogP contribution in [-0.2, 0) is 4.79 Å². The predicted molar refractivity (Wildman–Crippen MR) is 66.8 cm³/mol. The highest BCUT2D eigenvalue weighted by Gasteiger charge is 2.06. The third kappa shape index (κ3) is 5.51. The fourth-order valence-corrected chi connectivity index (χ4v) is 1.26. The van der Waals surface area contributed by atoms with E-state index in [-0.39, 0.29) is 18.8 Å². The van der Waals surface area contributed by atoms with Crippen LogP contribution in [0.4, 0.5) is 13.6 Å². The third-order valence-corrected chi connectivity index (χ3v) is 2.24. The van der Waals surface area contributed by atoms with E-state index in [0.29, 0.717) is 6.42 Å². The summed E-state index contributed by atoms with van der Waals surface area (Å²) in [5, 5.41) is 2.26. The minimum absolute atomic E-state index is 0.0738. The summed E-state index contributed by atoms with van der Waals surface area (Å²) in [6, 6.07) is 2.44. The molecule has 1 rings (SSSR count). The van der Waals surface area contributed by atoms with Crippen LogP contribution >= 0.6 is 0 Å². The van der Waals surface area contributed by atoms with Crippen molar-refractivity contribution in [3.8, 4) is 5.75 Å². The van der Waals surface area contributed by atoms with Crippen molar-refractivity contribution in [2.75, 3.05) is 13.7 Å². The first kappa shape index (κ1) is 15.7. The van der Waals surface area contributed by atoms with Gasteiger partial charge in [0.05, 0.1) is 6.61 Å². The van der Waals surface area contributed by atoms with Crippen molar-refractivity contribution in [2.24, 2.45) is 0 Å². The first-order valence-electron chi connectivity index (χ1n) is 5.87. The van der Waals surface area contributed by atoms with E-state index in [1.165, 1.54) is 13.1 Å². The summed E-state index contributed by atoms with van der Waals surface area (Å²) < 4.78 is 30.9. The van der Waals surface area contributed by atoms with Crippen molar-refractivity contribution in [1.82, 2.24) is 16.2 Å². The molecule has 0 saturated heterocycles. The second-order valence-corrected chi connectivity index (χ2v) is 3.78. The van der Waals surface area contributed by atoms with Crippen LogP contribution in [0, 0.1) is 11.6 Å². The molecule has 1 aromatic carbocycles. The van der Waals surface area contributed by atoms with Crippen LogP contribution in [0.1, 0.15) is 12.8 Å². The highest BCUT2D eigenvalue weighted by atomic mass is 19.1. The molecule has 0 atom stereocenters. The van der Waals surface area contributed by atoms with Gasteiger partial charge in [0.25, 0.3) is 0 Å². The molecule has 110 valence electrons. The van der Waals surface area contributed by atoms with Crippen molar-refractivity contribution in [3.63, 3.8) is 0 Å². The van der Waals surface area contributed by atoms with Gasteiger partial charge in [0.2, 0.25) is 5.91 Å². The molecule has 0 aliphatic rings. The van der Waals surface area contributed by atoms with Gasteiger partial charge < -0.3 is 10.1 Å². The molecule has 0 bridgehead atoms. The Bertz CT molecular complexity index is 483. The number of ether oxygens (including phenoxy) is 1. The average molecular weight is 287 g/mol. The molecule has 20 heavy (non-hydrogen) atoms. The molecular weight excluding hydrogens is 272 g/mol. The lowest BCUT2D eigenvalue weighted by molar-refractivity contribution is -0.122. The molecule has 0 spiro atoms. The van der Waals surface area contributed by atoms with E-state index in [2.05, 4.69) is 16.2 Å². The van der Waals surface area contributed by atoms with Gasteiger partial charge in [-0.25, -0.2) is 19.0 Å². The molecule has 0 fully saturated rings. The van der Waals surface area contributed by atoms with E-state index in [4.69, 9.17) is 4.74 Å². The van der Waals surface area contributed by atoms with Crippen molar-refractivity contribution >= 4 is 11.9 Å². The van der Waals surface area contributed by atoms with E-state index < -0.39 is 23.6 Å². The molecule has 0 heterocycles. The van der Waals surface area contributed by atoms with Gasteiger partial charge in [-0.3, -0.25) is 10.2 Å². The third-order valence-electron chi connectivity index (χ3n) is 2.24. The number of benzene rings is 1. The van der Waals surface area contributed by atoms with Gasteiger partial charge in [-0.2, -0.15) is 0 Å². The lowest BCUT2D eigenvalue weighted by Crippen LogP contribution is -2.45. The summed E-state index contributed by atoms with van der Waals surface area (Å²) in [6.45, 7) is 0.0932. The Hall–Kier alpha value is -2.38. The smallest absolute Gasteiger partial charge is 0.333 e. The SMILES string of the molecule is CNC(=O)NNC(=O)CCCOc1ccc(F)cc1F. The number of carbonyl (C=O) groups is 2. The minimum Gasteiger partial charge on any atom is -0.491 e. The molecule has 6 nitrogen and oxygen atoms in total. The number of hydrogen-bond donors (Lipinski definition) is 3. The van der Waals surface area contributed by atoms with Crippen LogP contribution in [0.2, 0.25) is 0 Å². The van der Waals surface area contributed by atoms with Gasteiger partial charge in [0.15, 0.2) is 11.6 Å². The summed E-state index contributed by atoms with van der Waals surface area (Å²) in [7, 11) is 1.41. The zero-order valence-electron chi connectivity index (χ0n) is 10.8. The maximum absolute atomic E-state index is 13.2. The van der Waals surface area contributed by atoms with Crippen LogP contribution in [-0.4, -0.2) is 25.6 Å². The number of hydrogen-bond acceptors (Lipinski definition) is 3. The number of amides is 3. The fourth-order valence-electron chi connectivity index (χ4n) is 1.26. The first-order valence-corrected chi connectivity index (χ1v) is 5.87. The fraction of sp³-hybridized carbons (Fsp3) is 0.333. The molecule has 0 unspecified atom stereocenters. The molecule has 0 aliphatic carbocycles. The molecular formula is C12H15F2N3O3. The number of urea groups is 1. The van der Waals surface area contributed by atoms with Gasteiger partial charge >= 0.3 is 6.03 Å². The van der Waals surface area contributed by atoms with Gasteiger partial charge in [0, 0.05) is 19.5 Å². The summed E-state index contributed by atoms with van der Waals surface area (Å²) in [6.07, 6.45) is 0.408. The minimum atomic E-state index is -0.796. The molecule has 0 saturated carbocycles. The van der Waals surface area contributed by atoms with E-state index >= 15 is 0 Å². The molecule has 3 N–H and O–H groups in total. The number of nitrogens with one attached hydrogen (secondary N) is 3. The van der Waals surface area contributed by atoms with E-state index in [0.717, 1.165) is 12.1 Å². The Kier molecular flexibility index (Phi) is 6.21. The zero-order chi connectivity index (χ0) is 15.0. The molecule has 1 aromatic rings. The highest BCUT2D eigenvalue weighted by molar-refractivity contribution is 5.80. The van der Waals surface area contributed by atoms with E-state index in [1.54, 1.807) is 0 Å². The molecule has 8 heteroatoms. The summed E-state index contributed by atoms with van der Waals surface area (Å²) >= 11 is 0. The molecule has 3 amide bonds. The van der Waals surface area contributed by atoms with Crippen molar-refractivity contribution in [2.45, 2.75) is 12.8 Å². The zero-order valence-corrected chi connectivity index (χ0v) is 10.8. The number of carbonyl (C=O) groups excluding carboxylic acids is 2. The second-order valence-electron chi connectivity index (χ2n) is 3.78. The summed E-state index contributed by atoms with van der Waals surface area (Å²) in [5.41, 5.74) is 4.28. The normalized spacial score (nSPS) is 9.75. The van der Waals surface area contributed by atoms with Crippen molar-refractivity contribution in [1.29, 1.82) is 0 Å². The van der Waals surface area contributed by atoms with Gasteiger partial charge in [-0.05, 0) is 18.6 Å². The Morgan fingerprint density at radius 2 is 2.00 bits per heavy atom. The monoisotopic (exact) mass is 287 g/mol. The quantitative estimate of drug-likeness (QED) is 0.560. The lowest BCUT2D eigenvalue weighted by atomic mass is 10.3. The molecule has 0 aromatic heterocycles. The van der Waals surface area contributed by atoms with Crippen LogP contribution in [0.25, 0.3) is 0 Å². The number of hydrazine groups is 1. The van der Waals surface area contributed by atoms with Crippen LogP contribution in [0.15, 0.2) is 18.2 Å². The van der Waals surface area contributed by atoms with Crippen LogP contribution in [0.3, 0.4) is 0 Å². The second kappa shape index (κ2) is 7.93. The first-order chi connectivity index (χ1) is 9.52. The van der Waals surface area contributed by atoms with E-state index in [9.17, 15) is 18.4 Å². The van der Waals surface area contributed by atoms with Crippen LogP contribution < -0.4 is 20.9 Å². The average Bonchev–Trinajstić information content (AvgIpc) is 2.42. The Balaban J connectivity index is 2.21. The highest BCUT2D eigenvalue weighted by Crippen LogP contribution is 2.17. The van der Waals surface area contributed by atoms with Gasteiger partial charge in [-0.15, -0.1) is 0 Å². The largest absolute Gasteiger partial charge is 0.491 e.